The minimum absolute atomic E-state index is 0. The molecule has 0 saturated carbocycles. The van der Waals surface area contributed by atoms with Gasteiger partial charge in [0.2, 0.25) is 11.3 Å². The van der Waals surface area contributed by atoms with Crippen LogP contribution in [0.2, 0.25) is 0 Å². The summed E-state index contributed by atoms with van der Waals surface area (Å²) in [5.74, 6) is 1.06. The van der Waals surface area contributed by atoms with Crippen molar-refractivity contribution in [1.82, 2.24) is 0 Å². The number of nitrogens with zero attached hydrogens (tertiary/aromatic N) is 1. The number of hydrogen-bond donors (Lipinski definition) is 0. The fourth-order valence-electron chi connectivity index (χ4n) is 1.94. The second kappa shape index (κ2) is 7.01. The molecule has 1 aromatic carbocycles. The number of aromatic nitrogens is 1. The minimum atomic E-state index is -0.390. The van der Waals surface area contributed by atoms with E-state index in [-0.39, 0.29) is 32.7 Å². The molecule has 6 heteroatoms. The van der Waals surface area contributed by atoms with Crippen LogP contribution < -0.4 is 37.8 Å². The van der Waals surface area contributed by atoms with Crippen LogP contribution in [0.5, 0.6) is 11.6 Å². The largest absolute Gasteiger partial charge is 1.00 e. The molecule has 0 bridgehead atoms. The van der Waals surface area contributed by atoms with Crippen molar-refractivity contribution in [2.75, 3.05) is 6.61 Å². The van der Waals surface area contributed by atoms with Crippen molar-refractivity contribution >= 4 is 19.6 Å². The molecule has 0 unspecified atom stereocenters. The second-order valence-electron chi connectivity index (χ2n) is 4.03. The van der Waals surface area contributed by atoms with E-state index >= 15 is 0 Å². The summed E-state index contributed by atoms with van der Waals surface area (Å²) < 4.78 is 23.2. The summed E-state index contributed by atoms with van der Waals surface area (Å²) in [6, 6.07) is 8.04. The molecular formula is C13H15INO3P. The molecule has 19 heavy (non-hydrogen) atoms. The highest BCUT2D eigenvalue weighted by atomic mass is 127. The normalized spacial score (nSPS) is 10.3. The first kappa shape index (κ1) is 16.1. The molecule has 0 saturated heterocycles. The predicted octanol–water partition coefficient (Wildman–Crippen LogP) is -0.0391. The zero-order valence-electron chi connectivity index (χ0n) is 11.0. The van der Waals surface area contributed by atoms with Crippen molar-refractivity contribution in [3.8, 4) is 11.6 Å². The number of benzene rings is 1. The number of halogens is 1. The van der Waals surface area contributed by atoms with E-state index < -0.39 is 0 Å². The Morgan fingerprint density at radius 1 is 1.32 bits per heavy atom. The van der Waals surface area contributed by atoms with E-state index in [1.807, 2.05) is 43.7 Å². The lowest BCUT2D eigenvalue weighted by molar-refractivity contribution is -0.648. The average Bonchev–Trinajstić information content (AvgIpc) is 2.35. The topological polar surface area (TPSA) is 39.4 Å². The molecule has 0 aliphatic rings. The van der Waals surface area contributed by atoms with Gasteiger partial charge in [-0.05, 0) is 25.5 Å². The molecule has 1 heterocycles. The van der Waals surface area contributed by atoms with E-state index in [0.29, 0.717) is 18.2 Å². The van der Waals surface area contributed by atoms with Crippen LogP contribution in [-0.2, 0) is 11.6 Å². The van der Waals surface area contributed by atoms with Gasteiger partial charge in [-0.1, -0.05) is 6.07 Å². The number of pyridine rings is 1. The third-order valence-corrected chi connectivity index (χ3v) is 3.02. The lowest BCUT2D eigenvalue weighted by atomic mass is 10.1. The fourth-order valence-corrected chi connectivity index (χ4v) is 2.23. The zero-order chi connectivity index (χ0) is 13.1. The Bertz CT molecular complexity index is 604. The average molecular weight is 391 g/mol. The Kier molecular flexibility index (Phi) is 5.94. The smallest absolute Gasteiger partial charge is 0.422 e. The van der Waals surface area contributed by atoms with Crippen molar-refractivity contribution in [1.29, 1.82) is 0 Å². The first-order chi connectivity index (χ1) is 8.67. The van der Waals surface area contributed by atoms with Crippen molar-refractivity contribution in [3.05, 3.63) is 29.8 Å². The monoisotopic (exact) mass is 391 g/mol. The van der Waals surface area contributed by atoms with Crippen LogP contribution in [0, 0.1) is 6.92 Å². The standard InChI is InChI=1S/C13H15NO3P.HI/c1-4-16-12-8-10-6-5-9(2)7-11(10)14(3)13(12)17-18-15;/h5-8H,4H2,1-3H3;1H/q+1;/p-1. The van der Waals surface area contributed by atoms with Gasteiger partial charge in [-0.3, -0.25) is 0 Å². The predicted molar refractivity (Wildman–Crippen MR) is 69.3 cm³/mol. The van der Waals surface area contributed by atoms with Gasteiger partial charge < -0.3 is 33.2 Å². The summed E-state index contributed by atoms with van der Waals surface area (Å²) in [5, 5.41) is 1.06. The van der Waals surface area contributed by atoms with Crippen LogP contribution in [-0.4, -0.2) is 6.61 Å². The van der Waals surface area contributed by atoms with E-state index in [9.17, 15) is 4.57 Å². The molecule has 0 atom stereocenters. The van der Waals surface area contributed by atoms with E-state index in [2.05, 4.69) is 6.07 Å². The molecule has 0 aliphatic carbocycles. The molecular weight excluding hydrogens is 376 g/mol. The Labute approximate surface area is 131 Å². The minimum Gasteiger partial charge on any atom is -1.00 e. The third kappa shape index (κ3) is 3.34. The van der Waals surface area contributed by atoms with Gasteiger partial charge in [-0.25, -0.2) is 4.57 Å². The zero-order valence-corrected chi connectivity index (χ0v) is 14.1. The van der Waals surface area contributed by atoms with Gasteiger partial charge in [0.05, 0.1) is 12.0 Å². The molecule has 0 N–H and O–H groups in total. The molecule has 0 fully saturated rings. The quantitative estimate of drug-likeness (QED) is 0.418. The molecule has 102 valence electrons. The third-order valence-electron chi connectivity index (χ3n) is 2.77. The highest BCUT2D eigenvalue weighted by Crippen LogP contribution is 2.29. The van der Waals surface area contributed by atoms with Crippen LogP contribution in [0.25, 0.3) is 10.9 Å². The SMILES string of the molecule is CCOc1cc2ccc(C)cc2[n+](C)c1OP=O.[I-]. The van der Waals surface area contributed by atoms with Gasteiger partial charge in [0.25, 0.3) is 0 Å². The van der Waals surface area contributed by atoms with Crippen LogP contribution >= 0.6 is 8.69 Å². The second-order valence-corrected chi connectivity index (χ2v) is 4.37. The maximum Gasteiger partial charge on any atom is 0.422 e. The van der Waals surface area contributed by atoms with E-state index in [1.165, 1.54) is 0 Å². The maximum absolute atomic E-state index is 10.7. The van der Waals surface area contributed by atoms with Crippen LogP contribution in [0.3, 0.4) is 0 Å². The van der Waals surface area contributed by atoms with Gasteiger partial charge in [-0.15, -0.1) is 0 Å². The number of aryl methyl sites for hydroxylation is 2. The summed E-state index contributed by atoms with van der Waals surface area (Å²) in [7, 11) is 1.48. The molecule has 0 aliphatic heterocycles. The number of rotatable bonds is 4. The lowest BCUT2D eigenvalue weighted by Gasteiger charge is -2.07. The highest BCUT2D eigenvalue weighted by molar-refractivity contribution is 7.17. The summed E-state index contributed by atoms with van der Waals surface area (Å²) >= 11 is 0. The fraction of sp³-hybridized carbons (Fsp3) is 0.308. The summed E-state index contributed by atoms with van der Waals surface area (Å²) in [6.45, 7) is 4.46. The maximum atomic E-state index is 10.7. The Morgan fingerprint density at radius 2 is 2.05 bits per heavy atom. The Morgan fingerprint density at radius 3 is 2.68 bits per heavy atom. The number of fused-ring (bicyclic) bond motifs is 1. The van der Waals surface area contributed by atoms with Crippen molar-refractivity contribution in [2.24, 2.45) is 7.05 Å². The van der Waals surface area contributed by atoms with Gasteiger partial charge in [0, 0.05) is 12.1 Å². The van der Waals surface area contributed by atoms with Crippen LogP contribution in [0.1, 0.15) is 12.5 Å². The Balaban J connectivity index is 0.00000180. The van der Waals surface area contributed by atoms with Gasteiger partial charge in [-0.2, -0.15) is 4.57 Å². The Hall–Kier alpha value is -0.940. The number of ether oxygens (including phenoxy) is 1. The molecule has 1 aromatic heterocycles. The molecule has 0 radical (unpaired) electrons. The lowest BCUT2D eigenvalue weighted by Crippen LogP contribution is -3.00. The van der Waals surface area contributed by atoms with E-state index in [4.69, 9.17) is 9.26 Å². The molecule has 0 spiro atoms. The van der Waals surface area contributed by atoms with E-state index in [0.717, 1.165) is 16.5 Å². The number of hydrogen-bond acceptors (Lipinski definition) is 3. The van der Waals surface area contributed by atoms with E-state index in [1.54, 1.807) is 0 Å². The molecule has 4 nitrogen and oxygen atoms in total. The van der Waals surface area contributed by atoms with Crippen LogP contribution in [0.15, 0.2) is 24.3 Å². The first-order valence-electron chi connectivity index (χ1n) is 5.73. The molecule has 2 rings (SSSR count). The summed E-state index contributed by atoms with van der Waals surface area (Å²) in [6.07, 6.45) is 0. The van der Waals surface area contributed by atoms with Gasteiger partial charge in [0.1, 0.15) is 7.05 Å². The van der Waals surface area contributed by atoms with Gasteiger partial charge in [0.15, 0.2) is 0 Å². The van der Waals surface area contributed by atoms with Crippen molar-refractivity contribution in [3.63, 3.8) is 0 Å². The molecule has 2 aromatic rings. The summed E-state index contributed by atoms with van der Waals surface area (Å²) in [5.41, 5.74) is 2.17. The van der Waals surface area contributed by atoms with Crippen LogP contribution in [0.4, 0.5) is 0 Å². The van der Waals surface area contributed by atoms with Gasteiger partial charge >= 0.3 is 14.6 Å². The van der Waals surface area contributed by atoms with Crippen molar-refractivity contribution < 1.29 is 42.4 Å². The van der Waals surface area contributed by atoms with Crippen molar-refractivity contribution in [2.45, 2.75) is 13.8 Å². The highest BCUT2D eigenvalue weighted by Gasteiger charge is 2.21. The first-order valence-corrected chi connectivity index (χ1v) is 6.46. The molecule has 0 amide bonds. The summed E-state index contributed by atoms with van der Waals surface area (Å²) in [4.78, 5) is 0.